The first-order valence-electron chi connectivity index (χ1n) is 8.14. The molecular weight excluding hydrogens is 320 g/mol. The molecule has 0 bridgehead atoms. The molecule has 1 atom stereocenters. The molecule has 2 aromatic heterocycles. The molecule has 3 aromatic rings. The molecule has 0 saturated heterocycles. The van der Waals surface area contributed by atoms with Gasteiger partial charge in [0, 0.05) is 16.5 Å². The Hall–Kier alpha value is -2.40. The lowest BCUT2D eigenvalue weighted by atomic mass is 9.91. The summed E-state index contributed by atoms with van der Waals surface area (Å²) < 4.78 is 1.13. The van der Waals surface area contributed by atoms with Gasteiger partial charge in [0.25, 0.3) is 5.91 Å². The number of H-pyrrole nitrogens is 1. The van der Waals surface area contributed by atoms with Crippen LogP contribution in [0.2, 0.25) is 0 Å². The maximum Gasteiger partial charge on any atom is 0.262 e. The first kappa shape index (κ1) is 15.1. The number of carbonyl (C=O) groups excluding carboxylic acids is 1. The second-order valence-corrected chi connectivity index (χ2v) is 7.28. The zero-order valence-electron chi connectivity index (χ0n) is 13.4. The number of nitrogens with one attached hydrogen (secondary N) is 2. The topological polar surface area (TPSA) is 62.0 Å². The highest BCUT2D eigenvalue weighted by Gasteiger charge is 2.24. The maximum atomic E-state index is 12.8. The van der Waals surface area contributed by atoms with Gasteiger partial charge in [-0.1, -0.05) is 18.2 Å². The fraction of sp³-hybridized carbons (Fsp3) is 0.263. The lowest BCUT2D eigenvalue weighted by Crippen LogP contribution is -2.32. The van der Waals surface area contributed by atoms with Crippen LogP contribution in [0.1, 0.15) is 45.4 Å². The summed E-state index contributed by atoms with van der Waals surface area (Å²) in [6, 6.07) is 11.4. The Morgan fingerprint density at radius 3 is 2.92 bits per heavy atom. The summed E-state index contributed by atoms with van der Waals surface area (Å²) >= 11 is 1.53. The summed E-state index contributed by atoms with van der Waals surface area (Å²) in [5.74, 6) is -0.0299. The summed E-state index contributed by atoms with van der Waals surface area (Å²) in [7, 11) is 0. The van der Waals surface area contributed by atoms with Crippen molar-refractivity contribution < 1.29 is 4.79 Å². The van der Waals surface area contributed by atoms with E-state index >= 15 is 0 Å². The highest BCUT2D eigenvalue weighted by Crippen LogP contribution is 2.32. The van der Waals surface area contributed by atoms with Gasteiger partial charge in [-0.2, -0.15) is 0 Å². The van der Waals surface area contributed by atoms with Crippen LogP contribution in [-0.4, -0.2) is 10.9 Å². The molecule has 24 heavy (non-hydrogen) atoms. The Morgan fingerprint density at radius 2 is 2.08 bits per heavy atom. The number of thiophene rings is 1. The van der Waals surface area contributed by atoms with E-state index < -0.39 is 0 Å². The van der Waals surface area contributed by atoms with Gasteiger partial charge in [0.15, 0.2) is 0 Å². The van der Waals surface area contributed by atoms with Gasteiger partial charge in [0.05, 0.1) is 10.9 Å². The monoisotopic (exact) mass is 338 g/mol. The summed E-state index contributed by atoms with van der Waals surface area (Å²) in [5.41, 5.74) is 2.94. The lowest BCUT2D eigenvalue weighted by Gasteiger charge is -2.25. The van der Waals surface area contributed by atoms with Crippen LogP contribution in [0, 0.1) is 6.92 Å². The minimum Gasteiger partial charge on any atom is -0.344 e. The number of benzene rings is 1. The van der Waals surface area contributed by atoms with Crippen molar-refractivity contribution in [2.45, 2.75) is 32.2 Å². The predicted octanol–water partition coefficient (Wildman–Crippen LogP) is 3.71. The molecule has 1 aliphatic rings. The largest absolute Gasteiger partial charge is 0.344 e. The van der Waals surface area contributed by atoms with Crippen molar-refractivity contribution in [2.75, 3.05) is 0 Å². The number of aromatic nitrogens is 1. The molecule has 4 rings (SSSR count). The van der Waals surface area contributed by atoms with E-state index in [4.69, 9.17) is 0 Å². The van der Waals surface area contributed by atoms with E-state index in [1.165, 1.54) is 17.4 Å². The first-order valence-corrected chi connectivity index (χ1v) is 8.96. The van der Waals surface area contributed by atoms with Crippen LogP contribution in [0.3, 0.4) is 0 Å². The zero-order valence-corrected chi connectivity index (χ0v) is 14.2. The number of fused-ring (bicyclic) bond motifs is 2. The van der Waals surface area contributed by atoms with Crippen molar-refractivity contribution in [1.29, 1.82) is 0 Å². The number of hydrogen-bond acceptors (Lipinski definition) is 3. The Labute approximate surface area is 143 Å². The second kappa shape index (κ2) is 5.91. The highest BCUT2D eigenvalue weighted by molar-refractivity contribution is 7.21. The molecule has 0 aliphatic heterocycles. The van der Waals surface area contributed by atoms with Gasteiger partial charge < -0.3 is 10.3 Å². The van der Waals surface area contributed by atoms with Crippen molar-refractivity contribution in [2.24, 2.45) is 0 Å². The van der Waals surface area contributed by atoms with Crippen LogP contribution >= 0.6 is 11.3 Å². The number of pyridine rings is 1. The minimum absolute atomic E-state index is 0.0299. The van der Waals surface area contributed by atoms with E-state index in [-0.39, 0.29) is 17.5 Å². The molecule has 1 aromatic carbocycles. The fourth-order valence-electron chi connectivity index (χ4n) is 3.46. The molecule has 0 unspecified atom stereocenters. The van der Waals surface area contributed by atoms with E-state index in [0.717, 1.165) is 51.0 Å². The molecule has 0 radical (unpaired) electrons. The Kier molecular flexibility index (Phi) is 3.73. The van der Waals surface area contributed by atoms with Crippen LogP contribution in [-0.2, 0) is 6.42 Å². The molecule has 4 nitrogen and oxygen atoms in total. The number of aryl methyl sites for hydroxylation is 2. The molecule has 1 aliphatic carbocycles. The molecule has 0 spiro atoms. The number of carbonyl (C=O) groups is 1. The lowest BCUT2D eigenvalue weighted by molar-refractivity contribution is 0.0936. The van der Waals surface area contributed by atoms with Crippen LogP contribution in [0.15, 0.2) is 41.2 Å². The van der Waals surface area contributed by atoms with Crippen LogP contribution in [0.5, 0.6) is 0 Å². The summed E-state index contributed by atoms with van der Waals surface area (Å²) in [4.78, 5) is 28.0. The minimum atomic E-state index is -0.0823. The SMILES string of the molecule is Cc1c(C(=O)N[C@@H]2CCCc3[nH]c(=O)ccc32)sc2ccccc12. The Bertz CT molecular complexity index is 986. The van der Waals surface area contributed by atoms with E-state index in [1.807, 2.05) is 31.2 Å². The summed E-state index contributed by atoms with van der Waals surface area (Å²) in [6.07, 6.45) is 2.72. The second-order valence-electron chi connectivity index (χ2n) is 6.23. The number of rotatable bonds is 2. The van der Waals surface area contributed by atoms with Gasteiger partial charge in [0.1, 0.15) is 0 Å². The summed E-state index contributed by atoms with van der Waals surface area (Å²) in [5, 5.41) is 4.30. The molecule has 0 fully saturated rings. The molecule has 5 heteroatoms. The molecule has 0 saturated carbocycles. The predicted molar refractivity (Wildman–Crippen MR) is 96.8 cm³/mol. The first-order chi connectivity index (χ1) is 11.6. The molecule has 122 valence electrons. The molecular formula is C19H18N2O2S. The fourth-order valence-corrected chi connectivity index (χ4v) is 4.58. The third kappa shape index (κ3) is 2.55. The number of hydrogen-bond donors (Lipinski definition) is 2. The number of aromatic amines is 1. The van der Waals surface area contributed by atoms with E-state index in [9.17, 15) is 9.59 Å². The average molecular weight is 338 g/mol. The molecule has 1 amide bonds. The smallest absolute Gasteiger partial charge is 0.262 e. The van der Waals surface area contributed by atoms with Crippen molar-refractivity contribution in [3.8, 4) is 0 Å². The number of amides is 1. The van der Waals surface area contributed by atoms with Gasteiger partial charge in [-0.25, -0.2) is 0 Å². The molecule has 2 heterocycles. The third-order valence-electron chi connectivity index (χ3n) is 4.69. The highest BCUT2D eigenvalue weighted by atomic mass is 32.1. The van der Waals surface area contributed by atoms with Crippen molar-refractivity contribution in [3.05, 3.63) is 68.4 Å². The zero-order chi connectivity index (χ0) is 16.7. The van der Waals surface area contributed by atoms with E-state index in [0.29, 0.717) is 0 Å². The van der Waals surface area contributed by atoms with Crippen molar-refractivity contribution >= 4 is 27.3 Å². The van der Waals surface area contributed by atoms with Crippen LogP contribution < -0.4 is 10.9 Å². The third-order valence-corrected chi connectivity index (χ3v) is 5.96. The average Bonchev–Trinajstić information content (AvgIpc) is 2.92. The molecule has 2 N–H and O–H groups in total. The van der Waals surface area contributed by atoms with Crippen LogP contribution in [0.25, 0.3) is 10.1 Å². The van der Waals surface area contributed by atoms with E-state index in [1.54, 1.807) is 0 Å². The van der Waals surface area contributed by atoms with Gasteiger partial charge >= 0.3 is 0 Å². The Balaban J connectivity index is 1.65. The van der Waals surface area contributed by atoms with E-state index in [2.05, 4.69) is 16.4 Å². The summed E-state index contributed by atoms with van der Waals surface area (Å²) in [6.45, 7) is 2.00. The quantitative estimate of drug-likeness (QED) is 0.748. The maximum absolute atomic E-state index is 12.8. The van der Waals surface area contributed by atoms with Gasteiger partial charge in [-0.3, -0.25) is 9.59 Å². The standard InChI is InChI=1S/C19H18N2O2S/c1-11-12-5-2-3-8-16(12)24-18(11)19(23)21-15-7-4-6-14-13(15)9-10-17(22)20-14/h2-3,5,8-10,15H,4,6-7H2,1H3,(H,20,22)(H,21,23)/t15-/m1/s1. The normalized spacial score (nSPS) is 16.8. The van der Waals surface area contributed by atoms with Gasteiger partial charge in [-0.15, -0.1) is 11.3 Å². The van der Waals surface area contributed by atoms with Gasteiger partial charge in [-0.05, 0) is 54.8 Å². The van der Waals surface area contributed by atoms with Crippen LogP contribution in [0.4, 0.5) is 0 Å². The van der Waals surface area contributed by atoms with Crippen molar-refractivity contribution in [1.82, 2.24) is 10.3 Å². The van der Waals surface area contributed by atoms with Crippen molar-refractivity contribution in [3.63, 3.8) is 0 Å². The van der Waals surface area contributed by atoms with Gasteiger partial charge in [0.2, 0.25) is 5.56 Å². The Morgan fingerprint density at radius 1 is 1.25 bits per heavy atom.